The van der Waals surface area contributed by atoms with Gasteiger partial charge in [-0.05, 0) is 42.8 Å². The van der Waals surface area contributed by atoms with Gasteiger partial charge in [0.25, 0.3) is 0 Å². The molecule has 2 aromatic rings. The summed E-state index contributed by atoms with van der Waals surface area (Å²) in [6, 6.07) is 8.16. The van der Waals surface area contributed by atoms with E-state index < -0.39 is 11.8 Å². The summed E-state index contributed by atoms with van der Waals surface area (Å²) >= 11 is 11.8. The summed E-state index contributed by atoms with van der Waals surface area (Å²) in [4.78, 5) is 18.4. The van der Waals surface area contributed by atoms with Crippen LogP contribution in [0.25, 0.3) is 5.70 Å². The van der Waals surface area contributed by atoms with Crippen molar-refractivity contribution in [3.05, 3.63) is 69.2 Å². The van der Waals surface area contributed by atoms with Gasteiger partial charge in [0.15, 0.2) is 0 Å². The molecule has 2 amide bonds. The van der Waals surface area contributed by atoms with Crippen LogP contribution in [0.15, 0.2) is 42.5 Å². The summed E-state index contributed by atoms with van der Waals surface area (Å²) in [6.45, 7) is 1.77. The van der Waals surface area contributed by atoms with E-state index in [1.54, 1.807) is 39.2 Å². The molecule has 30 heavy (non-hydrogen) atoms. The Balaban J connectivity index is 2.07. The van der Waals surface area contributed by atoms with Crippen molar-refractivity contribution in [2.45, 2.75) is 18.7 Å². The summed E-state index contributed by atoms with van der Waals surface area (Å²) in [6.07, 6.45) is -3.88. The Morgan fingerprint density at radius 2 is 1.77 bits per heavy atom. The smallest absolute Gasteiger partial charge is 0.331 e. The standard InChI is InChI=1S/C20H18Cl2F3N3O2/c1-11-4-5-12(6-16(11)26-18(29)28(2)3)17-10-19(30-27-17,20(23,24)25)13-7-14(21)9-15(22)8-13/h4-10,27H,1-3H3,(H,26,29). The van der Waals surface area contributed by atoms with E-state index in [1.807, 2.05) is 0 Å². The van der Waals surface area contributed by atoms with E-state index in [2.05, 4.69) is 10.8 Å². The highest BCUT2D eigenvalue weighted by atomic mass is 35.5. The molecule has 0 radical (unpaired) electrons. The number of hydroxylamine groups is 1. The van der Waals surface area contributed by atoms with Gasteiger partial charge in [0, 0.05) is 41.0 Å². The topological polar surface area (TPSA) is 53.6 Å². The van der Waals surface area contributed by atoms with Crippen LogP contribution in [0.1, 0.15) is 16.7 Å². The molecule has 0 aliphatic carbocycles. The van der Waals surface area contributed by atoms with E-state index in [0.29, 0.717) is 11.3 Å². The van der Waals surface area contributed by atoms with Gasteiger partial charge in [-0.3, -0.25) is 10.3 Å². The zero-order valence-corrected chi connectivity index (χ0v) is 17.7. The van der Waals surface area contributed by atoms with Gasteiger partial charge in [0.05, 0.1) is 5.70 Å². The quantitative estimate of drug-likeness (QED) is 0.616. The minimum atomic E-state index is -4.80. The van der Waals surface area contributed by atoms with Crippen molar-refractivity contribution in [1.82, 2.24) is 10.4 Å². The van der Waals surface area contributed by atoms with E-state index >= 15 is 0 Å². The molecular formula is C20H18Cl2F3N3O2. The molecular weight excluding hydrogens is 442 g/mol. The van der Waals surface area contributed by atoms with Gasteiger partial charge in [-0.25, -0.2) is 4.79 Å². The van der Waals surface area contributed by atoms with Crippen LogP contribution in [0.3, 0.4) is 0 Å². The maximum absolute atomic E-state index is 14.1. The molecule has 2 aromatic carbocycles. The minimum absolute atomic E-state index is 0.0515. The molecule has 0 aromatic heterocycles. The number of nitrogens with zero attached hydrogens (tertiary/aromatic N) is 1. The van der Waals surface area contributed by atoms with Crippen molar-refractivity contribution in [3.8, 4) is 0 Å². The van der Waals surface area contributed by atoms with E-state index in [4.69, 9.17) is 28.0 Å². The number of rotatable bonds is 3. The molecule has 1 aliphatic rings. The number of carbonyl (C=O) groups is 1. The van der Waals surface area contributed by atoms with Gasteiger partial charge in [0.2, 0.25) is 5.60 Å². The Labute approximate surface area is 181 Å². The van der Waals surface area contributed by atoms with Crippen molar-refractivity contribution in [2.75, 3.05) is 19.4 Å². The second-order valence-electron chi connectivity index (χ2n) is 7.01. The monoisotopic (exact) mass is 459 g/mol. The van der Waals surface area contributed by atoms with Gasteiger partial charge in [0.1, 0.15) is 0 Å². The number of alkyl halides is 3. The van der Waals surface area contributed by atoms with E-state index in [0.717, 1.165) is 23.8 Å². The van der Waals surface area contributed by atoms with Crippen LogP contribution in [-0.2, 0) is 10.4 Å². The second-order valence-corrected chi connectivity index (χ2v) is 7.88. The third-order valence-electron chi connectivity index (χ3n) is 4.58. The average Bonchev–Trinajstić information content (AvgIpc) is 3.09. The predicted octanol–water partition coefficient (Wildman–Crippen LogP) is 5.73. The Bertz CT molecular complexity index is 1000. The second kappa shape index (κ2) is 8.02. The lowest BCUT2D eigenvalue weighted by Crippen LogP contribution is -2.42. The highest BCUT2D eigenvalue weighted by Crippen LogP contribution is 2.48. The number of hydrogen-bond donors (Lipinski definition) is 2. The summed E-state index contributed by atoms with van der Waals surface area (Å²) < 4.78 is 42.3. The lowest BCUT2D eigenvalue weighted by Gasteiger charge is -2.28. The van der Waals surface area contributed by atoms with Crippen LogP contribution in [0.2, 0.25) is 10.0 Å². The molecule has 160 valence electrons. The highest BCUT2D eigenvalue weighted by molar-refractivity contribution is 6.34. The summed E-state index contributed by atoms with van der Waals surface area (Å²) in [5, 5.41) is 2.81. The van der Waals surface area contributed by atoms with Crippen LogP contribution < -0.4 is 10.8 Å². The van der Waals surface area contributed by atoms with Crippen molar-refractivity contribution in [1.29, 1.82) is 0 Å². The van der Waals surface area contributed by atoms with Crippen LogP contribution in [0.4, 0.5) is 23.7 Å². The molecule has 10 heteroatoms. The molecule has 1 aliphatic heterocycles. The summed E-state index contributed by atoms with van der Waals surface area (Å²) in [5.41, 5.74) is 1.01. The lowest BCUT2D eigenvalue weighted by molar-refractivity contribution is -0.269. The Hall–Kier alpha value is -2.42. The van der Waals surface area contributed by atoms with Crippen LogP contribution in [0.5, 0.6) is 0 Å². The zero-order chi connectivity index (χ0) is 22.3. The van der Waals surface area contributed by atoms with E-state index in [1.165, 1.54) is 11.0 Å². The van der Waals surface area contributed by atoms with Crippen molar-refractivity contribution in [2.24, 2.45) is 0 Å². The SMILES string of the molecule is Cc1ccc(C2=CC(c3cc(Cl)cc(Cl)c3)(C(F)(F)F)ON2)cc1NC(=O)N(C)C. The molecule has 2 N–H and O–H groups in total. The zero-order valence-electron chi connectivity index (χ0n) is 16.2. The molecule has 0 spiro atoms. The molecule has 0 bridgehead atoms. The molecule has 0 saturated heterocycles. The summed E-state index contributed by atoms with van der Waals surface area (Å²) in [7, 11) is 3.16. The predicted molar refractivity (Wildman–Crippen MR) is 110 cm³/mol. The molecule has 1 unspecified atom stereocenters. The van der Waals surface area contributed by atoms with Crippen LogP contribution in [0, 0.1) is 6.92 Å². The summed E-state index contributed by atoms with van der Waals surface area (Å²) in [5.74, 6) is 0. The number of hydrogen-bond acceptors (Lipinski definition) is 3. The van der Waals surface area contributed by atoms with E-state index in [9.17, 15) is 18.0 Å². The number of aryl methyl sites for hydroxylation is 1. The third kappa shape index (κ3) is 4.21. The van der Waals surface area contributed by atoms with Crippen LogP contribution >= 0.6 is 23.2 Å². The van der Waals surface area contributed by atoms with Crippen molar-refractivity contribution in [3.63, 3.8) is 0 Å². The minimum Gasteiger partial charge on any atom is -0.331 e. The highest BCUT2D eigenvalue weighted by Gasteiger charge is 2.59. The van der Waals surface area contributed by atoms with Gasteiger partial charge in [-0.15, -0.1) is 0 Å². The third-order valence-corrected chi connectivity index (χ3v) is 5.01. The molecule has 1 heterocycles. The molecule has 1 atom stereocenters. The normalized spacial score (nSPS) is 18.6. The number of benzene rings is 2. The average molecular weight is 460 g/mol. The van der Waals surface area contributed by atoms with E-state index in [-0.39, 0.29) is 27.3 Å². The number of carbonyl (C=O) groups excluding carboxylic acids is 1. The Kier molecular flexibility index (Phi) is 5.95. The fourth-order valence-electron chi connectivity index (χ4n) is 2.91. The van der Waals surface area contributed by atoms with Gasteiger partial charge >= 0.3 is 12.2 Å². The maximum Gasteiger partial charge on any atom is 0.428 e. The first-order chi connectivity index (χ1) is 13.9. The number of halogens is 5. The van der Waals surface area contributed by atoms with Gasteiger partial charge in [-0.2, -0.15) is 13.2 Å². The van der Waals surface area contributed by atoms with Crippen molar-refractivity contribution < 1.29 is 22.8 Å². The Morgan fingerprint density at radius 1 is 1.13 bits per heavy atom. The van der Waals surface area contributed by atoms with Gasteiger partial charge < -0.3 is 10.2 Å². The van der Waals surface area contributed by atoms with Gasteiger partial charge in [-0.1, -0.05) is 35.3 Å². The Morgan fingerprint density at radius 3 is 2.33 bits per heavy atom. The lowest BCUT2D eigenvalue weighted by atomic mass is 9.91. The fraction of sp³-hybridized carbons (Fsp3) is 0.250. The first kappa shape index (κ1) is 22.3. The number of anilines is 1. The molecule has 0 fully saturated rings. The molecule has 0 saturated carbocycles. The fourth-order valence-corrected chi connectivity index (χ4v) is 3.43. The number of amides is 2. The van der Waals surface area contributed by atoms with Crippen molar-refractivity contribution >= 4 is 40.6 Å². The maximum atomic E-state index is 14.1. The largest absolute Gasteiger partial charge is 0.428 e. The molecule has 3 rings (SSSR count). The number of urea groups is 1. The van der Waals surface area contributed by atoms with Crippen LogP contribution in [-0.4, -0.2) is 31.2 Å². The number of nitrogens with one attached hydrogen (secondary N) is 2. The molecule has 5 nitrogen and oxygen atoms in total. The first-order valence-corrected chi connectivity index (χ1v) is 9.48. The first-order valence-electron chi connectivity index (χ1n) is 8.72.